The fraction of sp³-hybridized carbons (Fsp3) is 0.308. The largest absolute Gasteiger partial charge is 0.382 e. The normalized spacial score (nSPS) is 10.8. The second kappa shape index (κ2) is 3.67. The Bertz CT molecular complexity index is 538. The minimum atomic E-state index is 0.605. The summed E-state index contributed by atoms with van der Waals surface area (Å²) in [5.41, 5.74) is 11.8. The molecule has 0 spiro atoms. The third-order valence-corrected chi connectivity index (χ3v) is 3.02. The molecule has 0 bridgehead atoms. The summed E-state index contributed by atoms with van der Waals surface area (Å²) in [4.78, 5) is 0. The van der Waals surface area contributed by atoms with Crippen LogP contribution in [-0.4, -0.2) is 9.78 Å². The predicted octanol–water partition coefficient (Wildman–Crippen LogP) is 2.59. The maximum absolute atomic E-state index is 5.96. The maximum atomic E-state index is 5.96. The van der Waals surface area contributed by atoms with E-state index in [4.69, 9.17) is 5.73 Å². The lowest BCUT2D eigenvalue weighted by Crippen LogP contribution is -1.93. The van der Waals surface area contributed by atoms with E-state index in [-0.39, 0.29) is 0 Å². The first-order valence-corrected chi connectivity index (χ1v) is 5.37. The van der Waals surface area contributed by atoms with Crippen LogP contribution >= 0.6 is 0 Å². The van der Waals surface area contributed by atoms with Gasteiger partial charge in [-0.05, 0) is 31.9 Å². The van der Waals surface area contributed by atoms with Crippen molar-refractivity contribution >= 4 is 5.82 Å². The van der Waals surface area contributed by atoms with E-state index in [1.165, 1.54) is 16.7 Å². The van der Waals surface area contributed by atoms with Gasteiger partial charge in [0.1, 0.15) is 0 Å². The van der Waals surface area contributed by atoms with Crippen molar-refractivity contribution in [2.45, 2.75) is 20.8 Å². The van der Waals surface area contributed by atoms with Crippen LogP contribution in [0.3, 0.4) is 0 Å². The molecular weight excluding hydrogens is 198 g/mol. The Labute approximate surface area is 95.9 Å². The first-order valence-electron chi connectivity index (χ1n) is 5.37. The highest BCUT2D eigenvalue weighted by molar-refractivity contribution is 5.78. The molecule has 1 heterocycles. The van der Waals surface area contributed by atoms with Gasteiger partial charge >= 0.3 is 0 Å². The summed E-state index contributed by atoms with van der Waals surface area (Å²) in [5, 5.41) is 4.25. The summed E-state index contributed by atoms with van der Waals surface area (Å²) in [5.74, 6) is 0.605. The maximum Gasteiger partial charge on any atom is 0.153 e. The molecule has 2 aromatic rings. The molecule has 0 fully saturated rings. The Morgan fingerprint density at radius 3 is 2.44 bits per heavy atom. The number of hydrogen-bond acceptors (Lipinski definition) is 2. The van der Waals surface area contributed by atoms with Gasteiger partial charge < -0.3 is 5.73 Å². The molecule has 2 N–H and O–H groups in total. The second-order valence-corrected chi connectivity index (χ2v) is 4.29. The van der Waals surface area contributed by atoms with E-state index in [1.807, 2.05) is 18.7 Å². The number of rotatable bonds is 1. The summed E-state index contributed by atoms with van der Waals surface area (Å²) in [6, 6.07) is 6.40. The molecule has 0 atom stereocenters. The minimum Gasteiger partial charge on any atom is -0.382 e. The van der Waals surface area contributed by atoms with Crippen molar-refractivity contribution in [3.63, 3.8) is 0 Å². The van der Waals surface area contributed by atoms with Crippen molar-refractivity contribution in [2.24, 2.45) is 7.05 Å². The summed E-state index contributed by atoms with van der Waals surface area (Å²) in [6.45, 7) is 6.23. The van der Waals surface area contributed by atoms with Gasteiger partial charge in [0, 0.05) is 18.3 Å². The Morgan fingerprint density at radius 2 is 1.88 bits per heavy atom. The quantitative estimate of drug-likeness (QED) is 0.794. The number of nitrogens with two attached hydrogens (primary N) is 1. The number of aryl methyl sites for hydroxylation is 3. The molecule has 0 saturated carbocycles. The third-order valence-electron chi connectivity index (χ3n) is 3.02. The molecule has 0 saturated heterocycles. The average Bonchev–Trinajstić information content (AvgIpc) is 2.46. The van der Waals surface area contributed by atoms with Crippen LogP contribution in [0.2, 0.25) is 0 Å². The van der Waals surface area contributed by atoms with Gasteiger partial charge in [0.15, 0.2) is 5.82 Å². The zero-order valence-electron chi connectivity index (χ0n) is 10.2. The van der Waals surface area contributed by atoms with E-state index in [9.17, 15) is 0 Å². The SMILES string of the molecule is Cc1ccc(C)c(-c2c(N)nn(C)c2C)c1. The van der Waals surface area contributed by atoms with Crippen LogP contribution in [0.15, 0.2) is 18.2 Å². The highest BCUT2D eigenvalue weighted by Crippen LogP contribution is 2.31. The van der Waals surface area contributed by atoms with Gasteiger partial charge in [0.25, 0.3) is 0 Å². The molecule has 1 aromatic heterocycles. The van der Waals surface area contributed by atoms with Gasteiger partial charge in [-0.15, -0.1) is 0 Å². The fourth-order valence-corrected chi connectivity index (χ4v) is 1.97. The highest BCUT2D eigenvalue weighted by Gasteiger charge is 2.14. The standard InChI is InChI=1S/C13H17N3/c1-8-5-6-9(2)11(7-8)12-10(3)16(4)15-13(12)14/h5-7H,1-4H3,(H2,14,15). The minimum absolute atomic E-state index is 0.605. The molecule has 1 aromatic carbocycles. The Balaban J connectivity index is 2.71. The van der Waals surface area contributed by atoms with Gasteiger partial charge in [-0.25, -0.2) is 0 Å². The van der Waals surface area contributed by atoms with E-state index in [2.05, 4.69) is 37.1 Å². The van der Waals surface area contributed by atoms with Gasteiger partial charge in [-0.2, -0.15) is 5.10 Å². The fourth-order valence-electron chi connectivity index (χ4n) is 1.97. The molecule has 3 nitrogen and oxygen atoms in total. The van der Waals surface area contributed by atoms with Crippen LogP contribution in [0.1, 0.15) is 16.8 Å². The van der Waals surface area contributed by atoms with Crippen LogP contribution in [0.5, 0.6) is 0 Å². The number of nitrogen functional groups attached to an aromatic ring is 1. The lowest BCUT2D eigenvalue weighted by atomic mass is 9.98. The monoisotopic (exact) mass is 215 g/mol. The summed E-state index contributed by atoms with van der Waals surface area (Å²) in [6.07, 6.45) is 0. The Morgan fingerprint density at radius 1 is 1.19 bits per heavy atom. The van der Waals surface area contributed by atoms with Crippen LogP contribution in [0.25, 0.3) is 11.1 Å². The molecule has 0 amide bonds. The number of aromatic nitrogens is 2. The summed E-state index contributed by atoms with van der Waals surface area (Å²) >= 11 is 0. The van der Waals surface area contributed by atoms with E-state index < -0.39 is 0 Å². The topological polar surface area (TPSA) is 43.8 Å². The van der Waals surface area contributed by atoms with Crippen LogP contribution in [0, 0.1) is 20.8 Å². The molecule has 84 valence electrons. The number of nitrogens with zero attached hydrogens (tertiary/aromatic N) is 2. The average molecular weight is 215 g/mol. The lowest BCUT2D eigenvalue weighted by molar-refractivity contribution is 0.744. The van der Waals surface area contributed by atoms with Gasteiger partial charge in [0.05, 0.1) is 0 Å². The Kier molecular flexibility index (Phi) is 2.46. The number of anilines is 1. The molecule has 0 aliphatic heterocycles. The van der Waals surface area contributed by atoms with Crippen LogP contribution in [0.4, 0.5) is 5.82 Å². The van der Waals surface area contributed by atoms with Crippen molar-refractivity contribution in [1.29, 1.82) is 0 Å². The summed E-state index contributed by atoms with van der Waals surface area (Å²) < 4.78 is 1.83. The lowest BCUT2D eigenvalue weighted by Gasteiger charge is -2.07. The Hall–Kier alpha value is -1.77. The van der Waals surface area contributed by atoms with Gasteiger partial charge in [0.2, 0.25) is 0 Å². The van der Waals surface area contributed by atoms with Gasteiger partial charge in [-0.3, -0.25) is 4.68 Å². The van der Waals surface area contributed by atoms with E-state index in [0.717, 1.165) is 11.3 Å². The van der Waals surface area contributed by atoms with Crippen LogP contribution < -0.4 is 5.73 Å². The van der Waals surface area contributed by atoms with E-state index >= 15 is 0 Å². The van der Waals surface area contributed by atoms with Crippen molar-refractivity contribution in [1.82, 2.24) is 9.78 Å². The van der Waals surface area contributed by atoms with Crippen molar-refractivity contribution < 1.29 is 0 Å². The van der Waals surface area contributed by atoms with E-state index in [1.54, 1.807) is 0 Å². The smallest absolute Gasteiger partial charge is 0.153 e. The molecule has 2 rings (SSSR count). The van der Waals surface area contributed by atoms with Crippen LogP contribution in [-0.2, 0) is 7.05 Å². The summed E-state index contributed by atoms with van der Waals surface area (Å²) in [7, 11) is 1.92. The zero-order valence-corrected chi connectivity index (χ0v) is 10.2. The third kappa shape index (κ3) is 1.58. The predicted molar refractivity (Wildman–Crippen MR) is 67.3 cm³/mol. The zero-order chi connectivity index (χ0) is 11.9. The first kappa shape index (κ1) is 10.7. The molecule has 16 heavy (non-hydrogen) atoms. The molecular formula is C13H17N3. The molecule has 0 unspecified atom stereocenters. The van der Waals surface area contributed by atoms with Gasteiger partial charge in [-0.1, -0.05) is 23.8 Å². The molecule has 3 heteroatoms. The van der Waals surface area contributed by atoms with Crippen molar-refractivity contribution in [2.75, 3.05) is 5.73 Å². The van der Waals surface area contributed by atoms with Crippen molar-refractivity contribution in [3.8, 4) is 11.1 Å². The number of benzene rings is 1. The second-order valence-electron chi connectivity index (χ2n) is 4.29. The molecule has 0 aliphatic rings. The molecule has 0 radical (unpaired) electrons. The molecule has 0 aliphatic carbocycles. The highest BCUT2D eigenvalue weighted by atomic mass is 15.3. The first-order chi connectivity index (χ1) is 7.50. The van der Waals surface area contributed by atoms with E-state index in [0.29, 0.717) is 5.82 Å². The number of hydrogen-bond donors (Lipinski definition) is 1. The van der Waals surface area contributed by atoms with Crippen molar-refractivity contribution in [3.05, 3.63) is 35.0 Å².